The maximum atomic E-state index is 11.6. The molecule has 106 valence electrons. The van der Waals surface area contributed by atoms with Crippen molar-refractivity contribution in [2.75, 3.05) is 39.0 Å². The molecule has 0 saturated carbocycles. The summed E-state index contributed by atoms with van der Waals surface area (Å²) in [5.74, 6) is 0.0829. The topological polar surface area (TPSA) is 88.2 Å². The Morgan fingerprint density at radius 2 is 2.16 bits per heavy atom. The first-order chi connectivity index (χ1) is 8.99. The Kier molecular flexibility index (Phi) is 6.23. The molecule has 1 saturated heterocycles. The highest BCUT2D eigenvalue weighted by Crippen LogP contribution is 2.13. The van der Waals surface area contributed by atoms with Crippen LogP contribution in [0.15, 0.2) is 0 Å². The summed E-state index contributed by atoms with van der Waals surface area (Å²) in [5.41, 5.74) is 0. The van der Waals surface area contributed by atoms with Crippen LogP contribution in [0.2, 0.25) is 0 Å². The summed E-state index contributed by atoms with van der Waals surface area (Å²) in [7, 11) is -1.16. The van der Waals surface area contributed by atoms with Crippen molar-refractivity contribution in [3.8, 4) is 12.1 Å². The van der Waals surface area contributed by atoms with Crippen molar-refractivity contribution in [2.24, 2.45) is 5.92 Å². The molecule has 1 aliphatic heterocycles. The van der Waals surface area contributed by atoms with Gasteiger partial charge in [-0.15, -0.1) is 0 Å². The first-order valence-electron chi connectivity index (χ1n) is 6.42. The van der Waals surface area contributed by atoms with Crippen molar-refractivity contribution in [1.29, 1.82) is 10.5 Å². The number of likely N-dealkylation sites (N-methyl/N-ethyl adjacent to an activating group) is 1. The van der Waals surface area contributed by atoms with Crippen molar-refractivity contribution in [3.05, 3.63) is 0 Å². The standard InChI is InChI=1S/C12H20N4O2S/c1-15(11-12(10-14)4-2-5-13)7-8-16-6-3-9-19(16,17)18/h12H,2-4,6-9,11H2,1H3. The maximum Gasteiger partial charge on any atom is 0.214 e. The predicted octanol–water partition coefficient (Wildman–Crippen LogP) is 0.397. The van der Waals surface area contributed by atoms with E-state index in [1.807, 2.05) is 18.0 Å². The molecular formula is C12H20N4O2S. The normalized spacial score (nSPS) is 20.0. The number of hydrogen-bond acceptors (Lipinski definition) is 5. The molecule has 7 heteroatoms. The van der Waals surface area contributed by atoms with Crippen molar-refractivity contribution >= 4 is 10.0 Å². The summed E-state index contributed by atoms with van der Waals surface area (Å²) >= 11 is 0. The number of sulfonamides is 1. The average Bonchev–Trinajstić information content (AvgIpc) is 2.71. The van der Waals surface area contributed by atoms with Crippen LogP contribution in [0.4, 0.5) is 0 Å². The fraction of sp³-hybridized carbons (Fsp3) is 0.833. The fourth-order valence-electron chi connectivity index (χ4n) is 2.13. The largest absolute Gasteiger partial charge is 0.304 e. The Morgan fingerprint density at radius 1 is 1.42 bits per heavy atom. The van der Waals surface area contributed by atoms with Crippen LogP contribution in [0, 0.1) is 28.6 Å². The van der Waals surface area contributed by atoms with E-state index < -0.39 is 10.0 Å². The van der Waals surface area contributed by atoms with E-state index in [1.54, 1.807) is 0 Å². The van der Waals surface area contributed by atoms with E-state index in [4.69, 9.17) is 10.5 Å². The zero-order chi connectivity index (χ0) is 14.3. The van der Waals surface area contributed by atoms with Crippen LogP contribution in [-0.4, -0.2) is 56.6 Å². The van der Waals surface area contributed by atoms with Gasteiger partial charge in [-0.05, 0) is 19.9 Å². The molecule has 0 aromatic carbocycles. The molecule has 1 fully saturated rings. The van der Waals surface area contributed by atoms with Crippen molar-refractivity contribution in [2.45, 2.75) is 19.3 Å². The molecule has 1 atom stereocenters. The molecule has 0 radical (unpaired) electrons. The lowest BCUT2D eigenvalue weighted by Crippen LogP contribution is -2.36. The van der Waals surface area contributed by atoms with E-state index >= 15 is 0 Å². The lowest BCUT2D eigenvalue weighted by molar-refractivity contribution is 0.273. The predicted molar refractivity (Wildman–Crippen MR) is 71.4 cm³/mol. The van der Waals surface area contributed by atoms with Gasteiger partial charge in [0.05, 0.1) is 23.8 Å². The van der Waals surface area contributed by atoms with E-state index in [0.29, 0.717) is 45.4 Å². The minimum absolute atomic E-state index is 0.167. The van der Waals surface area contributed by atoms with Gasteiger partial charge in [0.25, 0.3) is 0 Å². The second-order valence-corrected chi connectivity index (χ2v) is 6.94. The minimum Gasteiger partial charge on any atom is -0.304 e. The van der Waals surface area contributed by atoms with Gasteiger partial charge >= 0.3 is 0 Å². The molecule has 0 aromatic heterocycles. The monoisotopic (exact) mass is 284 g/mol. The van der Waals surface area contributed by atoms with Crippen LogP contribution in [0.25, 0.3) is 0 Å². The highest BCUT2D eigenvalue weighted by molar-refractivity contribution is 7.89. The van der Waals surface area contributed by atoms with E-state index in [2.05, 4.69) is 6.07 Å². The van der Waals surface area contributed by atoms with Crippen LogP contribution >= 0.6 is 0 Å². The van der Waals surface area contributed by atoms with Crippen LogP contribution in [-0.2, 0) is 10.0 Å². The summed E-state index contributed by atoms with van der Waals surface area (Å²) in [5, 5.41) is 17.5. The summed E-state index contributed by atoms with van der Waals surface area (Å²) < 4.78 is 24.7. The lowest BCUT2D eigenvalue weighted by atomic mass is 10.1. The molecule has 1 rings (SSSR count). The first kappa shape index (κ1) is 15.9. The number of nitriles is 2. The highest BCUT2D eigenvalue weighted by Gasteiger charge is 2.27. The summed E-state index contributed by atoms with van der Waals surface area (Å²) in [6.45, 7) is 2.28. The van der Waals surface area contributed by atoms with Crippen molar-refractivity contribution in [3.63, 3.8) is 0 Å². The quantitative estimate of drug-likeness (QED) is 0.675. The molecule has 1 heterocycles. The summed E-state index contributed by atoms with van der Waals surface area (Å²) in [6, 6.07) is 4.22. The third kappa shape index (κ3) is 5.15. The van der Waals surface area contributed by atoms with E-state index in [9.17, 15) is 8.42 Å². The lowest BCUT2D eigenvalue weighted by Gasteiger charge is -2.22. The second kappa shape index (κ2) is 7.44. The van der Waals surface area contributed by atoms with Crippen molar-refractivity contribution in [1.82, 2.24) is 9.21 Å². The molecule has 0 aliphatic carbocycles. The smallest absolute Gasteiger partial charge is 0.214 e. The molecule has 19 heavy (non-hydrogen) atoms. The van der Waals surface area contributed by atoms with Gasteiger partial charge in [-0.2, -0.15) is 10.5 Å². The Morgan fingerprint density at radius 3 is 2.68 bits per heavy atom. The van der Waals surface area contributed by atoms with Crippen LogP contribution < -0.4 is 0 Å². The first-order valence-corrected chi connectivity index (χ1v) is 8.03. The molecule has 0 bridgehead atoms. The maximum absolute atomic E-state index is 11.6. The van der Waals surface area contributed by atoms with E-state index in [0.717, 1.165) is 0 Å². The molecule has 0 aromatic rings. The van der Waals surface area contributed by atoms with Gasteiger partial charge < -0.3 is 4.90 Å². The van der Waals surface area contributed by atoms with Gasteiger partial charge in [-0.25, -0.2) is 12.7 Å². The van der Waals surface area contributed by atoms with Gasteiger partial charge in [0.2, 0.25) is 10.0 Å². The molecular weight excluding hydrogens is 264 g/mol. The summed E-state index contributed by atoms with van der Waals surface area (Å²) in [4.78, 5) is 1.96. The molecule has 0 spiro atoms. The third-order valence-corrected chi connectivity index (χ3v) is 5.21. The molecule has 6 nitrogen and oxygen atoms in total. The zero-order valence-electron chi connectivity index (χ0n) is 11.2. The van der Waals surface area contributed by atoms with Gasteiger partial charge in [0, 0.05) is 32.6 Å². The zero-order valence-corrected chi connectivity index (χ0v) is 12.1. The van der Waals surface area contributed by atoms with Crippen molar-refractivity contribution < 1.29 is 8.42 Å². The van der Waals surface area contributed by atoms with Gasteiger partial charge in [-0.3, -0.25) is 0 Å². The third-order valence-electron chi connectivity index (χ3n) is 3.25. The Balaban J connectivity index is 2.33. The number of nitrogens with zero attached hydrogens (tertiary/aromatic N) is 4. The van der Waals surface area contributed by atoms with E-state index in [-0.39, 0.29) is 11.7 Å². The van der Waals surface area contributed by atoms with Gasteiger partial charge in [0.15, 0.2) is 0 Å². The molecule has 1 unspecified atom stereocenters. The Labute approximate surface area is 115 Å². The van der Waals surface area contributed by atoms with Crippen LogP contribution in [0.5, 0.6) is 0 Å². The Hall–Kier alpha value is -1.15. The average molecular weight is 284 g/mol. The van der Waals surface area contributed by atoms with Crippen LogP contribution in [0.3, 0.4) is 0 Å². The van der Waals surface area contributed by atoms with Gasteiger partial charge in [0.1, 0.15) is 0 Å². The van der Waals surface area contributed by atoms with Gasteiger partial charge in [-0.1, -0.05) is 0 Å². The summed E-state index contributed by atoms with van der Waals surface area (Å²) in [6.07, 6.45) is 1.65. The molecule has 0 amide bonds. The van der Waals surface area contributed by atoms with Crippen LogP contribution in [0.1, 0.15) is 19.3 Å². The Bertz CT molecular complexity index is 463. The fourth-order valence-corrected chi connectivity index (χ4v) is 3.65. The van der Waals surface area contributed by atoms with E-state index in [1.165, 1.54) is 4.31 Å². The number of rotatable bonds is 7. The highest BCUT2D eigenvalue weighted by atomic mass is 32.2. The minimum atomic E-state index is -3.03. The SMILES string of the molecule is CN(CCN1CCCS1(=O)=O)CC(C#N)CCC#N. The molecule has 0 N–H and O–H groups in total. The molecule has 1 aliphatic rings. The second-order valence-electron chi connectivity index (χ2n) is 4.85. The number of hydrogen-bond donors (Lipinski definition) is 0.